The molecule has 0 spiro atoms. The van der Waals surface area contributed by atoms with Crippen molar-refractivity contribution in [2.75, 3.05) is 11.9 Å². The number of nitrogens with zero attached hydrogens (tertiary/aromatic N) is 3. The second kappa shape index (κ2) is 6.09. The van der Waals surface area contributed by atoms with Crippen molar-refractivity contribution >= 4 is 11.4 Å². The Hall–Kier alpha value is -2.82. The lowest BCUT2D eigenvalue weighted by Gasteiger charge is -2.24. The zero-order valence-electron chi connectivity index (χ0n) is 11.9. The molecule has 21 heavy (non-hydrogen) atoms. The third kappa shape index (κ3) is 3.02. The molecule has 0 unspecified atom stereocenters. The molecule has 0 aliphatic heterocycles. The molecule has 0 bridgehead atoms. The van der Waals surface area contributed by atoms with E-state index < -0.39 is 6.10 Å². The fourth-order valence-electron chi connectivity index (χ4n) is 2.16. The lowest BCUT2D eigenvalue weighted by Crippen LogP contribution is -2.13. The van der Waals surface area contributed by atoms with Crippen molar-refractivity contribution in [2.45, 2.75) is 13.0 Å². The topological polar surface area (TPSA) is 71.0 Å². The summed E-state index contributed by atoms with van der Waals surface area (Å²) in [6.07, 6.45) is -0.631. The Morgan fingerprint density at radius 1 is 1.00 bits per heavy atom. The van der Waals surface area contributed by atoms with Crippen molar-refractivity contribution in [3.63, 3.8) is 0 Å². The van der Waals surface area contributed by atoms with Gasteiger partial charge in [0.25, 0.3) is 0 Å². The number of nitriles is 2. The highest BCUT2D eigenvalue weighted by atomic mass is 16.3. The standard InChI is InChI=1S/C17H15N3O/c1-12(21)16-8-5-14(11-19)9-17(16)20(2)15-6-3-13(10-18)4-7-15/h3-9,12,21H,1-2H3/t12-/m1/s1. The zero-order chi connectivity index (χ0) is 15.4. The number of anilines is 2. The van der Waals surface area contributed by atoms with Gasteiger partial charge in [0.15, 0.2) is 0 Å². The van der Waals surface area contributed by atoms with Crippen molar-refractivity contribution in [2.24, 2.45) is 0 Å². The summed E-state index contributed by atoms with van der Waals surface area (Å²) in [6, 6.07) is 16.5. The van der Waals surface area contributed by atoms with Gasteiger partial charge in [-0.05, 0) is 43.3 Å². The Morgan fingerprint density at radius 2 is 1.57 bits per heavy atom. The van der Waals surface area contributed by atoms with Gasteiger partial charge in [-0.2, -0.15) is 10.5 Å². The number of hydrogen-bond donors (Lipinski definition) is 1. The van der Waals surface area contributed by atoms with E-state index in [2.05, 4.69) is 12.1 Å². The minimum Gasteiger partial charge on any atom is -0.389 e. The van der Waals surface area contributed by atoms with Crippen LogP contribution in [0.1, 0.15) is 29.7 Å². The van der Waals surface area contributed by atoms with E-state index in [1.54, 1.807) is 37.3 Å². The normalized spacial score (nSPS) is 11.3. The molecule has 2 aromatic carbocycles. The van der Waals surface area contributed by atoms with E-state index in [9.17, 15) is 5.11 Å². The van der Waals surface area contributed by atoms with E-state index in [-0.39, 0.29) is 0 Å². The Kier molecular flexibility index (Phi) is 4.23. The van der Waals surface area contributed by atoms with Gasteiger partial charge in [0.05, 0.1) is 29.4 Å². The number of rotatable bonds is 3. The maximum absolute atomic E-state index is 9.89. The third-order valence-corrected chi connectivity index (χ3v) is 3.35. The minimum atomic E-state index is -0.631. The van der Waals surface area contributed by atoms with E-state index >= 15 is 0 Å². The molecule has 0 aromatic heterocycles. The summed E-state index contributed by atoms with van der Waals surface area (Å²) in [5.41, 5.74) is 3.53. The van der Waals surface area contributed by atoms with E-state index in [1.807, 2.05) is 24.1 Å². The molecule has 0 saturated carbocycles. The lowest BCUT2D eigenvalue weighted by atomic mass is 10.0. The average Bonchev–Trinajstić information content (AvgIpc) is 2.53. The number of benzene rings is 2. The van der Waals surface area contributed by atoms with Crippen LogP contribution < -0.4 is 4.90 Å². The van der Waals surface area contributed by atoms with E-state index in [0.717, 1.165) is 16.9 Å². The molecule has 2 rings (SSSR count). The molecule has 0 radical (unpaired) electrons. The van der Waals surface area contributed by atoms with Gasteiger partial charge in [-0.15, -0.1) is 0 Å². The summed E-state index contributed by atoms with van der Waals surface area (Å²) < 4.78 is 0. The number of aliphatic hydroxyl groups is 1. The molecule has 0 aliphatic rings. The zero-order valence-corrected chi connectivity index (χ0v) is 11.9. The predicted octanol–water partition coefficient (Wildman–Crippen LogP) is 3.25. The van der Waals surface area contributed by atoms with Crippen LogP contribution in [0.25, 0.3) is 0 Å². The Labute approximate surface area is 124 Å². The number of hydrogen-bond acceptors (Lipinski definition) is 4. The average molecular weight is 277 g/mol. The maximum Gasteiger partial charge on any atom is 0.0992 e. The smallest absolute Gasteiger partial charge is 0.0992 e. The molecule has 0 aliphatic carbocycles. The molecule has 4 nitrogen and oxygen atoms in total. The fourth-order valence-corrected chi connectivity index (χ4v) is 2.16. The van der Waals surface area contributed by atoms with Gasteiger partial charge < -0.3 is 10.0 Å². The molecule has 0 saturated heterocycles. The molecule has 1 atom stereocenters. The number of aliphatic hydroxyl groups excluding tert-OH is 1. The summed E-state index contributed by atoms with van der Waals surface area (Å²) in [5.74, 6) is 0. The minimum absolute atomic E-state index is 0.537. The molecular weight excluding hydrogens is 262 g/mol. The fraction of sp³-hybridized carbons (Fsp3) is 0.176. The van der Waals surface area contributed by atoms with Crippen LogP contribution in [-0.2, 0) is 0 Å². The van der Waals surface area contributed by atoms with Crippen molar-refractivity contribution in [3.05, 3.63) is 59.2 Å². The van der Waals surface area contributed by atoms with Crippen LogP contribution in [0, 0.1) is 22.7 Å². The predicted molar refractivity (Wildman–Crippen MR) is 81.0 cm³/mol. The van der Waals surface area contributed by atoms with Crippen LogP contribution in [0.5, 0.6) is 0 Å². The summed E-state index contributed by atoms with van der Waals surface area (Å²) in [5, 5.41) is 27.8. The monoisotopic (exact) mass is 277 g/mol. The second-order valence-corrected chi connectivity index (χ2v) is 4.78. The van der Waals surface area contributed by atoms with Crippen LogP contribution in [0.15, 0.2) is 42.5 Å². The third-order valence-electron chi connectivity index (χ3n) is 3.35. The van der Waals surface area contributed by atoms with Crippen molar-refractivity contribution < 1.29 is 5.11 Å². The highest BCUT2D eigenvalue weighted by Gasteiger charge is 2.14. The first-order valence-corrected chi connectivity index (χ1v) is 6.53. The van der Waals surface area contributed by atoms with Crippen LogP contribution >= 0.6 is 0 Å². The Balaban J connectivity index is 2.48. The van der Waals surface area contributed by atoms with Gasteiger partial charge in [0.2, 0.25) is 0 Å². The first-order valence-electron chi connectivity index (χ1n) is 6.53. The Morgan fingerprint density at radius 3 is 2.10 bits per heavy atom. The molecule has 4 heteroatoms. The van der Waals surface area contributed by atoms with Gasteiger partial charge in [-0.1, -0.05) is 6.07 Å². The van der Waals surface area contributed by atoms with Crippen molar-refractivity contribution in [1.29, 1.82) is 10.5 Å². The van der Waals surface area contributed by atoms with Gasteiger partial charge in [0.1, 0.15) is 0 Å². The molecule has 0 heterocycles. The summed E-state index contributed by atoms with van der Waals surface area (Å²) in [6.45, 7) is 1.69. The SMILES string of the molecule is C[C@@H](O)c1ccc(C#N)cc1N(C)c1ccc(C#N)cc1. The van der Waals surface area contributed by atoms with Gasteiger partial charge >= 0.3 is 0 Å². The van der Waals surface area contributed by atoms with Crippen molar-refractivity contribution in [1.82, 2.24) is 0 Å². The highest BCUT2D eigenvalue weighted by molar-refractivity contribution is 5.68. The molecule has 2 aromatic rings. The first kappa shape index (κ1) is 14.6. The Bertz CT molecular complexity index is 721. The summed E-state index contributed by atoms with van der Waals surface area (Å²) >= 11 is 0. The van der Waals surface area contributed by atoms with Crippen LogP contribution in [-0.4, -0.2) is 12.2 Å². The largest absolute Gasteiger partial charge is 0.389 e. The lowest BCUT2D eigenvalue weighted by molar-refractivity contribution is 0.200. The van der Waals surface area contributed by atoms with E-state index in [4.69, 9.17) is 10.5 Å². The van der Waals surface area contributed by atoms with E-state index in [1.165, 1.54) is 0 Å². The van der Waals surface area contributed by atoms with Gasteiger partial charge in [-0.25, -0.2) is 0 Å². The quantitative estimate of drug-likeness (QED) is 0.934. The van der Waals surface area contributed by atoms with Crippen LogP contribution in [0.2, 0.25) is 0 Å². The molecule has 1 N–H and O–H groups in total. The van der Waals surface area contributed by atoms with Gasteiger partial charge in [0, 0.05) is 24.0 Å². The van der Waals surface area contributed by atoms with Crippen LogP contribution in [0.3, 0.4) is 0 Å². The molecular formula is C17H15N3O. The molecule has 0 fully saturated rings. The van der Waals surface area contributed by atoms with Crippen molar-refractivity contribution in [3.8, 4) is 12.1 Å². The first-order chi connectivity index (χ1) is 10.1. The van der Waals surface area contributed by atoms with Gasteiger partial charge in [-0.3, -0.25) is 0 Å². The molecule has 0 amide bonds. The van der Waals surface area contributed by atoms with Crippen LogP contribution in [0.4, 0.5) is 11.4 Å². The summed E-state index contributed by atoms with van der Waals surface area (Å²) in [7, 11) is 1.86. The second-order valence-electron chi connectivity index (χ2n) is 4.78. The summed E-state index contributed by atoms with van der Waals surface area (Å²) in [4.78, 5) is 1.89. The maximum atomic E-state index is 9.89. The molecule has 104 valence electrons. The van der Waals surface area contributed by atoms with E-state index in [0.29, 0.717) is 11.1 Å². The highest BCUT2D eigenvalue weighted by Crippen LogP contribution is 2.31.